The fourth-order valence-corrected chi connectivity index (χ4v) is 2.78. The summed E-state index contributed by atoms with van der Waals surface area (Å²) in [7, 11) is 0. The molecule has 2 unspecified atom stereocenters. The van der Waals surface area contributed by atoms with Crippen molar-refractivity contribution >= 4 is 16.6 Å². The van der Waals surface area contributed by atoms with Crippen LogP contribution in [0.1, 0.15) is 26.2 Å². The van der Waals surface area contributed by atoms with Crippen molar-refractivity contribution in [1.29, 1.82) is 0 Å². The van der Waals surface area contributed by atoms with E-state index < -0.39 is 0 Å². The van der Waals surface area contributed by atoms with Gasteiger partial charge in [-0.2, -0.15) is 0 Å². The van der Waals surface area contributed by atoms with Gasteiger partial charge in [-0.25, -0.2) is 0 Å². The Morgan fingerprint density at radius 1 is 1.18 bits per heavy atom. The summed E-state index contributed by atoms with van der Waals surface area (Å²) in [5.41, 5.74) is 2.27. The second kappa shape index (κ2) is 4.36. The lowest BCUT2D eigenvalue weighted by atomic mass is 10.1. The minimum absolute atomic E-state index is 0.623. The van der Waals surface area contributed by atoms with Gasteiger partial charge < -0.3 is 5.32 Å². The van der Waals surface area contributed by atoms with Crippen molar-refractivity contribution < 1.29 is 0 Å². The number of aromatic nitrogens is 1. The molecule has 3 rings (SSSR count). The molecular weight excluding hydrogens is 208 g/mol. The van der Waals surface area contributed by atoms with Gasteiger partial charge in [-0.15, -0.1) is 0 Å². The van der Waals surface area contributed by atoms with E-state index in [4.69, 9.17) is 0 Å². The van der Waals surface area contributed by atoms with Crippen molar-refractivity contribution in [2.75, 3.05) is 5.32 Å². The third kappa shape index (κ3) is 2.12. The molecule has 1 aliphatic carbocycles. The highest BCUT2D eigenvalue weighted by molar-refractivity contribution is 5.90. The van der Waals surface area contributed by atoms with Gasteiger partial charge in [-0.05, 0) is 37.3 Å². The quantitative estimate of drug-likeness (QED) is 0.841. The fraction of sp³-hybridized carbons (Fsp3) is 0.400. The molecule has 0 spiro atoms. The standard InChI is InChI=1S/C15H18N2/c1-11-7-8-13(10-11)17-14-6-2-4-12-5-3-9-16-15(12)14/h2-6,9,11,13,17H,7-8,10H2,1H3. The van der Waals surface area contributed by atoms with Gasteiger partial charge in [0.15, 0.2) is 0 Å². The summed E-state index contributed by atoms with van der Waals surface area (Å²) in [4.78, 5) is 4.48. The fourth-order valence-electron chi connectivity index (χ4n) is 2.78. The zero-order chi connectivity index (χ0) is 11.7. The van der Waals surface area contributed by atoms with Gasteiger partial charge >= 0.3 is 0 Å². The molecule has 0 saturated heterocycles. The molecule has 0 bridgehead atoms. The van der Waals surface area contributed by atoms with Crippen LogP contribution >= 0.6 is 0 Å². The largest absolute Gasteiger partial charge is 0.381 e. The maximum absolute atomic E-state index is 4.48. The maximum atomic E-state index is 4.48. The molecule has 1 N–H and O–H groups in total. The molecule has 1 aromatic carbocycles. The average molecular weight is 226 g/mol. The first kappa shape index (κ1) is 10.6. The van der Waals surface area contributed by atoms with Crippen LogP contribution in [0.2, 0.25) is 0 Å². The van der Waals surface area contributed by atoms with Crippen molar-refractivity contribution in [2.24, 2.45) is 5.92 Å². The van der Waals surface area contributed by atoms with E-state index >= 15 is 0 Å². The number of pyridine rings is 1. The number of nitrogens with one attached hydrogen (secondary N) is 1. The highest BCUT2D eigenvalue weighted by atomic mass is 14.9. The summed E-state index contributed by atoms with van der Waals surface area (Å²) >= 11 is 0. The van der Waals surface area contributed by atoms with Gasteiger partial charge in [-0.1, -0.05) is 25.1 Å². The molecule has 2 atom stereocenters. The molecule has 88 valence electrons. The second-order valence-electron chi connectivity index (χ2n) is 5.14. The van der Waals surface area contributed by atoms with Crippen LogP contribution in [0.25, 0.3) is 10.9 Å². The van der Waals surface area contributed by atoms with Gasteiger partial charge in [0.05, 0.1) is 11.2 Å². The van der Waals surface area contributed by atoms with Crippen LogP contribution < -0.4 is 5.32 Å². The number of nitrogens with zero attached hydrogens (tertiary/aromatic N) is 1. The molecule has 0 aliphatic heterocycles. The van der Waals surface area contributed by atoms with Crippen molar-refractivity contribution in [2.45, 2.75) is 32.2 Å². The summed E-state index contributed by atoms with van der Waals surface area (Å²) in [6, 6.07) is 11.1. The van der Waals surface area contributed by atoms with E-state index in [-0.39, 0.29) is 0 Å². The lowest BCUT2D eigenvalue weighted by Gasteiger charge is -2.15. The first-order valence-electron chi connectivity index (χ1n) is 6.43. The summed E-state index contributed by atoms with van der Waals surface area (Å²) in [5.74, 6) is 0.857. The van der Waals surface area contributed by atoms with E-state index in [1.54, 1.807) is 0 Å². The minimum Gasteiger partial charge on any atom is -0.381 e. The molecule has 2 heteroatoms. The zero-order valence-electron chi connectivity index (χ0n) is 10.2. The number of fused-ring (bicyclic) bond motifs is 1. The number of hydrogen-bond donors (Lipinski definition) is 1. The molecule has 2 aromatic rings. The molecule has 0 amide bonds. The smallest absolute Gasteiger partial charge is 0.0933 e. The lowest BCUT2D eigenvalue weighted by Crippen LogP contribution is -2.15. The van der Waals surface area contributed by atoms with Crippen LogP contribution in [0.5, 0.6) is 0 Å². The number of hydrogen-bond acceptors (Lipinski definition) is 2. The second-order valence-corrected chi connectivity index (χ2v) is 5.14. The summed E-state index contributed by atoms with van der Waals surface area (Å²) in [6.07, 6.45) is 5.77. The van der Waals surface area contributed by atoms with Crippen LogP contribution in [0.3, 0.4) is 0 Å². The van der Waals surface area contributed by atoms with E-state index in [0.29, 0.717) is 6.04 Å². The van der Waals surface area contributed by atoms with Crippen LogP contribution in [0.4, 0.5) is 5.69 Å². The van der Waals surface area contributed by atoms with E-state index in [0.717, 1.165) is 11.4 Å². The molecular formula is C15H18N2. The molecule has 1 saturated carbocycles. The molecule has 1 heterocycles. The Kier molecular flexibility index (Phi) is 2.71. The maximum Gasteiger partial charge on any atom is 0.0933 e. The van der Waals surface area contributed by atoms with E-state index in [1.165, 1.54) is 30.3 Å². The van der Waals surface area contributed by atoms with Gasteiger partial charge in [-0.3, -0.25) is 4.98 Å². The van der Waals surface area contributed by atoms with Gasteiger partial charge in [0.1, 0.15) is 0 Å². The Morgan fingerprint density at radius 3 is 2.88 bits per heavy atom. The van der Waals surface area contributed by atoms with Crippen molar-refractivity contribution in [1.82, 2.24) is 4.98 Å². The Hall–Kier alpha value is -1.57. The molecule has 1 aromatic heterocycles. The Bertz CT molecular complexity index is 516. The highest BCUT2D eigenvalue weighted by Crippen LogP contribution is 2.29. The van der Waals surface area contributed by atoms with Gasteiger partial charge in [0, 0.05) is 17.6 Å². The summed E-state index contributed by atoms with van der Waals surface area (Å²) in [6.45, 7) is 2.34. The van der Waals surface area contributed by atoms with Crippen molar-refractivity contribution in [3.05, 3.63) is 36.5 Å². The van der Waals surface area contributed by atoms with Gasteiger partial charge in [0.2, 0.25) is 0 Å². The van der Waals surface area contributed by atoms with Crippen LogP contribution in [-0.2, 0) is 0 Å². The summed E-state index contributed by atoms with van der Waals surface area (Å²) < 4.78 is 0. The average Bonchev–Trinajstić information content (AvgIpc) is 2.75. The number of anilines is 1. The molecule has 1 aliphatic rings. The van der Waals surface area contributed by atoms with E-state index in [9.17, 15) is 0 Å². The molecule has 1 fully saturated rings. The predicted octanol–water partition coefficient (Wildman–Crippen LogP) is 3.84. The van der Waals surface area contributed by atoms with E-state index in [1.807, 2.05) is 12.3 Å². The van der Waals surface area contributed by atoms with Crippen LogP contribution in [0.15, 0.2) is 36.5 Å². The third-order valence-electron chi connectivity index (χ3n) is 3.69. The normalized spacial score (nSPS) is 24.1. The molecule has 0 radical (unpaired) electrons. The third-order valence-corrected chi connectivity index (χ3v) is 3.69. The molecule has 17 heavy (non-hydrogen) atoms. The topological polar surface area (TPSA) is 24.9 Å². The SMILES string of the molecule is CC1CCC(Nc2cccc3cccnc23)C1. The Morgan fingerprint density at radius 2 is 2.06 bits per heavy atom. The lowest BCUT2D eigenvalue weighted by molar-refractivity contribution is 0.603. The van der Waals surface area contributed by atoms with Crippen molar-refractivity contribution in [3.8, 4) is 0 Å². The van der Waals surface area contributed by atoms with Crippen molar-refractivity contribution in [3.63, 3.8) is 0 Å². The number of rotatable bonds is 2. The van der Waals surface area contributed by atoms with E-state index in [2.05, 4.69) is 41.5 Å². The van der Waals surface area contributed by atoms with Crippen LogP contribution in [-0.4, -0.2) is 11.0 Å². The summed E-state index contributed by atoms with van der Waals surface area (Å²) in [5, 5.41) is 4.86. The van der Waals surface area contributed by atoms with Crippen LogP contribution in [0, 0.1) is 5.92 Å². The minimum atomic E-state index is 0.623. The first-order chi connectivity index (χ1) is 8.33. The Balaban J connectivity index is 1.90. The molecule has 2 nitrogen and oxygen atoms in total. The zero-order valence-corrected chi connectivity index (χ0v) is 10.2. The Labute approximate surface area is 102 Å². The highest BCUT2D eigenvalue weighted by Gasteiger charge is 2.21. The van der Waals surface area contributed by atoms with Gasteiger partial charge in [0.25, 0.3) is 0 Å². The monoisotopic (exact) mass is 226 g/mol. The first-order valence-corrected chi connectivity index (χ1v) is 6.43. The number of benzene rings is 1. The predicted molar refractivity (Wildman–Crippen MR) is 72.2 cm³/mol. The number of para-hydroxylation sites is 1.